The Balaban J connectivity index is 0.000000243. The summed E-state index contributed by atoms with van der Waals surface area (Å²) in [6.07, 6.45) is 8.63. The van der Waals surface area contributed by atoms with Gasteiger partial charge in [0, 0.05) is 37.2 Å². The van der Waals surface area contributed by atoms with Gasteiger partial charge in [-0.25, -0.2) is 4.98 Å². The lowest BCUT2D eigenvalue weighted by molar-refractivity contribution is -0.127. The molecule has 1 atom stereocenters. The fourth-order valence-electron chi connectivity index (χ4n) is 4.15. The second kappa shape index (κ2) is 10.9. The van der Waals surface area contributed by atoms with Crippen LogP contribution in [0.4, 0.5) is 0 Å². The Bertz CT molecular complexity index is 998. The third kappa shape index (κ3) is 5.87. The monoisotopic (exact) mass is 456 g/mol. The maximum atomic E-state index is 12.3. The number of nitrogens with zero attached hydrogens (tertiary/aromatic N) is 4. The molecule has 2 aliphatic rings. The Labute approximate surface area is 195 Å². The summed E-state index contributed by atoms with van der Waals surface area (Å²) in [6.45, 7) is 8.51. The molecule has 1 saturated heterocycles. The van der Waals surface area contributed by atoms with Gasteiger partial charge >= 0.3 is 0 Å². The van der Waals surface area contributed by atoms with Gasteiger partial charge in [0.1, 0.15) is 11.5 Å². The molecule has 32 heavy (non-hydrogen) atoms. The minimum absolute atomic E-state index is 0.0164. The molecule has 0 bridgehead atoms. The number of amides is 1. The topological polar surface area (TPSA) is 58.4 Å². The number of fused-ring (bicyclic) bond motifs is 1. The summed E-state index contributed by atoms with van der Waals surface area (Å²) < 4.78 is 1.92. The molecular formula is C25H33ClN4O2. The number of imidazole rings is 1. The second-order valence-electron chi connectivity index (χ2n) is 8.53. The Morgan fingerprint density at radius 1 is 1.25 bits per heavy atom. The number of ketones is 1. The molecule has 0 radical (unpaired) electrons. The van der Waals surface area contributed by atoms with E-state index < -0.39 is 0 Å². The van der Waals surface area contributed by atoms with Crippen LogP contribution >= 0.6 is 11.6 Å². The predicted molar refractivity (Wildman–Crippen MR) is 128 cm³/mol. The van der Waals surface area contributed by atoms with Crippen molar-refractivity contribution in [2.24, 2.45) is 0 Å². The first kappa shape index (κ1) is 24.2. The fourth-order valence-corrected chi connectivity index (χ4v) is 4.52. The van der Waals surface area contributed by atoms with E-state index in [1.54, 1.807) is 24.1 Å². The SMILES string of the molecule is CC(=O)c1cnc2n1CCN(C(=O)/C=C/C1CCCN1C)C2.CCc1ccc(C)cc1Cl. The van der Waals surface area contributed by atoms with Gasteiger partial charge in [-0.3, -0.25) is 14.5 Å². The van der Waals surface area contributed by atoms with Crippen molar-refractivity contribution in [3.63, 3.8) is 0 Å². The first-order valence-corrected chi connectivity index (χ1v) is 11.7. The molecule has 1 fully saturated rings. The van der Waals surface area contributed by atoms with Crippen molar-refractivity contribution in [1.29, 1.82) is 0 Å². The Morgan fingerprint density at radius 2 is 2.03 bits per heavy atom. The molecule has 2 aromatic rings. The van der Waals surface area contributed by atoms with Crippen molar-refractivity contribution in [3.05, 3.63) is 64.2 Å². The van der Waals surface area contributed by atoms with E-state index in [-0.39, 0.29) is 11.7 Å². The zero-order valence-electron chi connectivity index (χ0n) is 19.5. The van der Waals surface area contributed by atoms with Gasteiger partial charge in [0.05, 0.1) is 12.7 Å². The number of rotatable bonds is 4. The van der Waals surface area contributed by atoms with Crippen molar-refractivity contribution >= 4 is 23.3 Å². The Hall–Kier alpha value is -2.44. The fraction of sp³-hybridized carbons (Fsp3) is 0.480. The van der Waals surface area contributed by atoms with Crippen LogP contribution in [0, 0.1) is 6.92 Å². The number of aromatic nitrogens is 2. The van der Waals surface area contributed by atoms with E-state index >= 15 is 0 Å². The highest BCUT2D eigenvalue weighted by molar-refractivity contribution is 6.31. The van der Waals surface area contributed by atoms with Crippen LogP contribution in [0.5, 0.6) is 0 Å². The lowest BCUT2D eigenvalue weighted by Gasteiger charge is -2.27. The van der Waals surface area contributed by atoms with E-state index in [1.165, 1.54) is 17.5 Å². The standard InChI is InChI=1S/C16H22N4O2.C9H11Cl/c1-12(21)14-10-17-15-11-19(8-9-20(14)15)16(22)6-5-13-4-3-7-18(13)2;1-3-8-5-4-7(2)6-9(8)10/h5-6,10,13H,3-4,7-9,11H2,1-2H3;4-6H,3H2,1-2H3/b6-5+;. The van der Waals surface area contributed by atoms with E-state index in [9.17, 15) is 9.59 Å². The first-order valence-electron chi connectivity index (χ1n) is 11.3. The lowest BCUT2D eigenvalue weighted by atomic mass is 10.1. The summed E-state index contributed by atoms with van der Waals surface area (Å²) >= 11 is 5.93. The van der Waals surface area contributed by atoms with Crippen molar-refractivity contribution in [2.45, 2.75) is 59.2 Å². The Kier molecular flexibility index (Phi) is 8.26. The van der Waals surface area contributed by atoms with Crippen LogP contribution in [0.1, 0.15) is 54.1 Å². The highest BCUT2D eigenvalue weighted by atomic mass is 35.5. The van der Waals surface area contributed by atoms with Crippen molar-refractivity contribution in [2.75, 3.05) is 20.1 Å². The van der Waals surface area contributed by atoms with Crippen molar-refractivity contribution in [1.82, 2.24) is 19.4 Å². The number of carbonyl (C=O) groups is 2. The number of halogens is 1. The van der Waals surface area contributed by atoms with Crippen LogP contribution in [0.25, 0.3) is 0 Å². The number of Topliss-reactive ketones (excluding diaryl/α,β-unsaturated/α-hetero) is 1. The predicted octanol–water partition coefficient (Wildman–Crippen LogP) is 4.29. The average molecular weight is 457 g/mol. The quantitative estimate of drug-likeness (QED) is 0.508. The van der Waals surface area contributed by atoms with Crippen LogP contribution in [-0.2, 0) is 24.3 Å². The highest BCUT2D eigenvalue weighted by Gasteiger charge is 2.24. The molecule has 1 aromatic heterocycles. The highest BCUT2D eigenvalue weighted by Crippen LogP contribution is 2.18. The van der Waals surface area contributed by atoms with Crippen molar-refractivity contribution < 1.29 is 9.59 Å². The third-order valence-electron chi connectivity index (χ3n) is 6.16. The van der Waals surface area contributed by atoms with Gasteiger partial charge in [-0.1, -0.05) is 36.7 Å². The average Bonchev–Trinajstić information content (AvgIpc) is 3.38. The molecule has 1 amide bonds. The number of hydrogen-bond acceptors (Lipinski definition) is 4. The van der Waals surface area contributed by atoms with Gasteiger partial charge in [0.15, 0.2) is 5.78 Å². The summed E-state index contributed by atoms with van der Waals surface area (Å²) in [7, 11) is 2.09. The molecule has 0 saturated carbocycles. The zero-order valence-corrected chi connectivity index (χ0v) is 20.2. The molecular weight excluding hydrogens is 424 g/mol. The van der Waals surface area contributed by atoms with E-state index in [1.807, 2.05) is 23.6 Å². The molecule has 0 aliphatic carbocycles. The van der Waals surface area contributed by atoms with Gasteiger partial charge in [-0.05, 0) is 57.0 Å². The largest absolute Gasteiger partial charge is 0.330 e. The molecule has 2 aliphatic heterocycles. The molecule has 3 heterocycles. The number of likely N-dealkylation sites (tertiary alicyclic amines) is 1. The van der Waals surface area contributed by atoms with Gasteiger partial charge in [-0.2, -0.15) is 0 Å². The van der Waals surface area contributed by atoms with Crippen LogP contribution in [-0.4, -0.2) is 57.2 Å². The van der Waals surface area contributed by atoms with Gasteiger partial charge in [-0.15, -0.1) is 0 Å². The molecule has 6 nitrogen and oxygen atoms in total. The van der Waals surface area contributed by atoms with Gasteiger partial charge in [0.2, 0.25) is 5.91 Å². The molecule has 172 valence electrons. The summed E-state index contributed by atoms with van der Waals surface area (Å²) in [5.41, 5.74) is 3.08. The molecule has 7 heteroatoms. The van der Waals surface area contributed by atoms with E-state index in [0.29, 0.717) is 31.4 Å². The minimum Gasteiger partial charge on any atom is -0.330 e. The molecule has 1 unspecified atom stereocenters. The summed E-state index contributed by atoms with van der Waals surface area (Å²) in [5.74, 6) is 0.831. The molecule has 0 N–H and O–H groups in total. The summed E-state index contributed by atoms with van der Waals surface area (Å²) in [4.78, 5) is 32.2. The molecule has 1 aromatic carbocycles. The van der Waals surface area contributed by atoms with Crippen LogP contribution in [0.15, 0.2) is 36.5 Å². The van der Waals surface area contributed by atoms with Gasteiger partial charge < -0.3 is 9.47 Å². The summed E-state index contributed by atoms with van der Waals surface area (Å²) in [5, 5.41) is 0.891. The summed E-state index contributed by atoms with van der Waals surface area (Å²) in [6, 6.07) is 6.54. The van der Waals surface area contributed by atoms with Crippen LogP contribution < -0.4 is 0 Å². The number of likely N-dealkylation sites (N-methyl/N-ethyl adjacent to an activating group) is 1. The van der Waals surface area contributed by atoms with Crippen molar-refractivity contribution in [3.8, 4) is 0 Å². The van der Waals surface area contributed by atoms with E-state index in [2.05, 4.69) is 36.0 Å². The first-order chi connectivity index (χ1) is 15.3. The number of carbonyl (C=O) groups excluding carboxylic acids is 2. The Morgan fingerprint density at radius 3 is 2.66 bits per heavy atom. The van der Waals surface area contributed by atoms with E-state index in [4.69, 9.17) is 11.6 Å². The number of benzene rings is 1. The maximum Gasteiger partial charge on any atom is 0.246 e. The number of aryl methyl sites for hydroxylation is 2. The second-order valence-corrected chi connectivity index (χ2v) is 8.93. The molecule has 0 spiro atoms. The lowest BCUT2D eigenvalue weighted by Crippen LogP contribution is -2.38. The maximum absolute atomic E-state index is 12.3. The third-order valence-corrected chi connectivity index (χ3v) is 6.52. The van der Waals surface area contributed by atoms with Crippen LogP contribution in [0.2, 0.25) is 5.02 Å². The number of hydrogen-bond donors (Lipinski definition) is 0. The normalized spacial score (nSPS) is 18.4. The molecule has 4 rings (SSSR count). The van der Waals surface area contributed by atoms with Gasteiger partial charge in [0.25, 0.3) is 0 Å². The zero-order chi connectivity index (χ0) is 23.3. The van der Waals surface area contributed by atoms with Crippen LogP contribution in [0.3, 0.4) is 0 Å². The minimum atomic E-state index is 0.0164. The van der Waals surface area contributed by atoms with E-state index in [0.717, 1.165) is 30.2 Å². The smallest absolute Gasteiger partial charge is 0.246 e.